The molecular formula is C10H14N3O9P. The smallest absolute Gasteiger partial charge is 0.365 e. The van der Waals surface area contributed by atoms with Crippen molar-refractivity contribution in [3.8, 4) is 0 Å². The molecule has 1 aliphatic rings. The van der Waals surface area contributed by atoms with Gasteiger partial charge in [-0.25, -0.2) is 9.59 Å². The maximum Gasteiger partial charge on any atom is 0.365 e. The lowest BCUT2D eigenvalue weighted by Crippen LogP contribution is -2.30. The summed E-state index contributed by atoms with van der Waals surface area (Å²) in [4.78, 5) is 43.6. The van der Waals surface area contributed by atoms with Crippen molar-refractivity contribution in [2.24, 2.45) is 0 Å². The van der Waals surface area contributed by atoms with Crippen molar-refractivity contribution < 1.29 is 38.5 Å². The summed E-state index contributed by atoms with van der Waals surface area (Å²) in [6, 6.07) is 1.38. The summed E-state index contributed by atoms with van der Waals surface area (Å²) in [5, 5.41) is 8.71. The molecule has 1 aliphatic heterocycles. The lowest BCUT2D eigenvalue weighted by Gasteiger charge is -2.17. The highest BCUT2D eigenvalue weighted by atomic mass is 31.2. The largest absolute Gasteiger partial charge is 0.479 e. The Balaban J connectivity index is 1.97. The number of rotatable bonds is 6. The van der Waals surface area contributed by atoms with Crippen LogP contribution in [0.2, 0.25) is 0 Å². The summed E-state index contributed by atoms with van der Waals surface area (Å²) < 4.78 is 27.2. The number of nitrogens with zero attached hydrogens (tertiary/aromatic N) is 2. The maximum atomic E-state index is 11.6. The van der Waals surface area contributed by atoms with Crippen molar-refractivity contribution in [3.63, 3.8) is 0 Å². The lowest BCUT2D eigenvalue weighted by molar-refractivity contribution is -0.155. The zero-order valence-corrected chi connectivity index (χ0v) is 12.4. The van der Waals surface area contributed by atoms with Crippen LogP contribution >= 0.6 is 7.60 Å². The van der Waals surface area contributed by atoms with Gasteiger partial charge in [-0.3, -0.25) is 9.13 Å². The molecule has 0 aliphatic carbocycles. The number of anilines is 1. The molecule has 128 valence electrons. The van der Waals surface area contributed by atoms with Gasteiger partial charge < -0.3 is 34.8 Å². The molecule has 0 radical (unpaired) electrons. The second-order valence-electron chi connectivity index (χ2n) is 4.51. The van der Waals surface area contributed by atoms with Gasteiger partial charge in [-0.05, 0) is 6.07 Å². The minimum atomic E-state index is -4.99. The van der Waals surface area contributed by atoms with E-state index in [1.807, 2.05) is 0 Å². The molecule has 12 nitrogen and oxygen atoms in total. The third-order valence-corrected chi connectivity index (χ3v) is 3.78. The van der Waals surface area contributed by atoms with Gasteiger partial charge in [0.2, 0.25) is 0 Å². The molecule has 0 amide bonds. The monoisotopic (exact) mass is 351 g/mol. The molecule has 3 unspecified atom stereocenters. The number of aromatic nitrogens is 2. The Bertz CT molecular complexity index is 686. The Hall–Kier alpha value is -1.82. The minimum Gasteiger partial charge on any atom is -0.479 e. The topological polar surface area (TPSA) is 183 Å². The fraction of sp³-hybridized carbons (Fsp3) is 0.500. The quantitative estimate of drug-likeness (QED) is 0.428. The fourth-order valence-electron chi connectivity index (χ4n) is 1.80. The fourth-order valence-corrected chi connectivity index (χ4v) is 2.37. The van der Waals surface area contributed by atoms with Crippen LogP contribution in [0.1, 0.15) is 6.23 Å². The van der Waals surface area contributed by atoms with Gasteiger partial charge in [0.15, 0.2) is 12.5 Å². The van der Waals surface area contributed by atoms with Crippen molar-refractivity contribution in [2.75, 3.05) is 18.9 Å². The number of carboxylic acids is 1. The number of nitrogens with two attached hydrogens (primary N) is 1. The Labute approximate surface area is 128 Å². The molecule has 1 saturated heterocycles. The van der Waals surface area contributed by atoms with E-state index in [4.69, 9.17) is 30.1 Å². The molecule has 13 heteroatoms. The number of nitrogen functional groups attached to an aromatic ring is 1. The lowest BCUT2D eigenvalue weighted by atomic mass is 10.5. The van der Waals surface area contributed by atoms with Gasteiger partial charge in [0.1, 0.15) is 5.82 Å². The summed E-state index contributed by atoms with van der Waals surface area (Å²) in [5.41, 5.74) is 4.69. The van der Waals surface area contributed by atoms with Gasteiger partial charge in [0.05, 0.1) is 13.2 Å². The Morgan fingerprint density at radius 1 is 1.61 bits per heavy atom. The van der Waals surface area contributed by atoms with Gasteiger partial charge in [-0.2, -0.15) is 4.98 Å². The van der Waals surface area contributed by atoms with Gasteiger partial charge in [-0.15, -0.1) is 0 Å². The standard InChI is InChI=1S/C10H14N3O9P/c11-5-1-2-13(10(16)12-5)6-3-20-7(22-6)4-21-9(8(14)15)23(17,18)19/h1-2,6-7,9H,3-4H2,(H,14,15)(H2,11,12,16)(H2,17,18,19). The summed E-state index contributed by atoms with van der Waals surface area (Å²) in [6.45, 7) is -0.608. The van der Waals surface area contributed by atoms with Crippen LogP contribution in [0.25, 0.3) is 0 Å². The van der Waals surface area contributed by atoms with Crippen molar-refractivity contribution in [2.45, 2.75) is 18.4 Å². The van der Waals surface area contributed by atoms with E-state index in [1.165, 1.54) is 12.3 Å². The van der Waals surface area contributed by atoms with Crippen LogP contribution in [0.15, 0.2) is 17.1 Å². The van der Waals surface area contributed by atoms with E-state index in [1.54, 1.807) is 0 Å². The summed E-state index contributed by atoms with van der Waals surface area (Å²) in [6.07, 6.45) is -0.599. The highest BCUT2D eigenvalue weighted by Crippen LogP contribution is 2.42. The van der Waals surface area contributed by atoms with E-state index in [0.29, 0.717) is 0 Å². The molecular weight excluding hydrogens is 337 g/mol. The first-order valence-electron chi connectivity index (χ1n) is 6.20. The predicted octanol–water partition coefficient (Wildman–Crippen LogP) is -1.70. The highest BCUT2D eigenvalue weighted by Gasteiger charge is 2.38. The van der Waals surface area contributed by atoms with Crippen LogP contribution in [-0.2, 0) is 23.6 Å². The molecule has 2 heterocycles. The van der Waals surface area contributed by atoms with E-state index >= 15 is 0 Å². The van der Waals surface area contributed by atoms with Gasteiger partial charge in [0.25, 0.3) is 5.85 Å². The molecule has 1 aromatic rings. The molecule has 0 spiro atoms. The number of carboxylic acid groups (broad SMARTS) is 1. The normalized spacial score (nSPS) is 22.9. The van der Waals surface area contributed by atoms with Crippen LogP contribution in [0.4, 0.5) is 5.82 Å². The van der Waals surface area contributed by atoms with Crippen molar-refractivity contribution in [1.29, 1.82) is 0 Å². The molecule has 0 aromatic carbocycles. The number of aliphatic carboxylic acids is 1. The number of hydrogen-bond donors (Lipinski definition) is 4. The van der Waals surface area contributed by atoms with Gasteiger partial charge in [0, 0.05) is 6.20 Å². The zero-order valence-electron chi connectivity index (χ0n) is 11.5. The van der Waals surface area contributed by atoms with Crippen LogP contribution in [0.5, 0.6) is 0 Å². The molecule has 0 saturated carbocycles. The third kappa shape index (κ3) is 4.34. The second kappa shape index (κ2) is 6.74. The van der Waals surface area contributed by atoms with E-state index in [2.05, 4.69) is 9.72 Å². The average molecular weight is 351 g/mol. The Morgan fingerprint density at radius 3 is 2.87 bits per heavy atom. The van der Waals surface area contributed by atoms with E-state index in [0.717, 1.165) is 4.57 Å². The van der Waals surface area contributed by atoms with E-state index in [-0.39, 0.29) is 12.4 Å². The van der Waals surface area contributed by atoms with E-state index < -0.39 is 44.2 Å². The number of carbonyl (C=O) groups is 1. The van der Waals surface area contributed by atoms with E-state index in [9.17, 15) is 14.2 Å². The Kier molecular flexibility index (Phi) is 5.14. The predicted molar refractivity (Wildman–Crippen MR) is 72.2 cm³/mol. The Morgan fingerprint density at radius 2 is 2.30 bits per heavy atom. The van der Waals surface area contributed by atoms with Crippen molar-refractivity contribution >= 4 is 19.4 Å². The van der Waals surface area contributed by atoms with Crippen LogP contribution in [0, 0.1) is 0 Å². The van der Waals surface area contributed by atoms with Crippen molar-refractivity contribution in [3.05, 3.63) is 22.7 Å². The first kappa shape index (κ1) is 17.5. The molecule has 1 fully saturated rings. The molecule has 2 rings (SSSR count). The van der Waals surface area contributed by atoms with Gasteiger partial charge >= 0.3 is 19.3 Å². The second-order valence-corrected chi connectivity index (χ2v) is 6.16. The zero-order chi connectivity index (χ0) is 17.2. The number of ether oxygens (including phenoxy) is 3. The first-order valence-corrected chi connectivity index (χ1v) is 7.88. The van der Waals surface area contributed by atoms with Crippen LogP contribution in [-0.4, -0.2) is 55.8 Å². The van der Waals surface area contributed by atoms with Gasteiger partial charge in [-0.1, -0.05) is 0 Å². The minimum absolute atomic E-state index is 0.0380. The van der Waals surface area contributed by atoms with Crippen LogP contribution < -0.4 is 11.4 Å². The molecule has 0 bridgehead atoms. The highest BCUT2D eigenvalue weighted by molar-refractivity contribution is 7.53. The molecule has 23 heavy (non-hydrogen) atoms. The average Bonchev–Trinajstić information content (AvgIpc) is 2.85. The molecule has 3 atom stereocenters. The molecule has 5 N–H and O–H groups in total. The van der Waals surface area contributed by atoms with Crippen LogP contribution in [0.3, 0.4) is 0 Å². The summed E-state index contributed by atoms with van der Waals surface area (Å²) >= 11 is 0. The SMILES string of the molecule is Nc1ccn(C2COC(COC(C(=O)O)P(=O)(O)O)O2)c(=O)n1. The number of hydrogen-bond acceptors (Lipinski definition) is 8. The third-order valence-electron chi connectivity index (χ3n) is 2.80. The van der Waals surface area contributed by atoms with Crippen molar-refractivity contribution in [1.82, 2.24) is 9.55 Å². The first-order chi connectivity index (χ1) is 10.7. The summed E-state index contributed by atoms with van der Waals surface area (Å²) in [5.74, 6) is -4.10. The summed E-state index contributed by atoms with van der Waals surface area (Å²) in [7, 11) is -4.99. The maximum absolute atomic E-state index is 11.6. The molecule has 1 aromatic heterocycles.